The summed E-state index contributed by atoms with van der Waals surface area (Å²) in [5.74, 6) is 1.16. The van der Waals surface area contributed by atoms with Gasteiger partial charge in [-0.25, -0.2) is 0 Å². The van der Waals surface area contributed by atoms with Gasteiger partial charge < -0.3 is 5.73 Å². The van der Waals surface area contributed by atoms with Crippen LogP contribution in [-0.2, 0) is 5.75 Å². The molecule has 0 atom stereocenters. The summed E-state index contributed by atoms with van der Waals surface area (Å²) in [4.78, 5) is 0. The van der Waals surface area contributed by atoms with E-state index in [1.807, 2.05) is 30.3 Å². The molecule has 0 radical (unpaired) electrons. The Bertz CT molecular complexity index is 485. The maximum atomic E-state index is 7.13. The lowest BCUT2D eigenvalue weighted by atomic mass is 10.3. The lowest BCUT2D eigenvalue weighted by molar-refractivity contribution is 0.778. The topological polar surface area (TPSA) is 93.5 Å². The zero-order chi connectivity index (χ0) is 11.4. The molecule has 1 aromatic heterocycles. The summed E-state index contributed by atoms with van der Waals surface area (Å²) < 4.78 is 1.63. The molecule has 0 bridgehead atoms. The largest absolute Gasteiger partial charge is 0.379 e. The molecule has 0 spiro atoms. The first-order valence-corrected chi connectivity index (χ1v) is 5.55. The van der Waals surface area contributed by atoms with E-state index in [1.54, 1.807) is 4.68 Å². The van der Waals surface area contributed by atoms with E-state index < -0.39 is 0 Å². The third-order valence-corrected chi connectivity index (χ3v) is 2.61. The second-order valence-corrected chi connectivity index (χ2v) is 4.01. The number of rotatable bonds is 3. The molecule has 3 N–H and O–H groups in total. The van der Waals surface area contributed by atoms with E-state index in [0.29, 0.717) is 11.6 Å². The predicted octanol–water partition coefficient (Wildman–Crippen LogP) is 1.21. The van der Waals surface area contributed by atoms with Crippen LogP contribution in [0.4, 0.5) is 0 Å². The Hall–Kier alpha value is -1.60. The Morgan fingerprint density at radius 1 is 1.35 bits per heavy atom. The van der Waals surface area contributed by atoms with Crippen LogP contribution in [0, 0.1) is 5.41 Å². The Balaban J connectivity index is 0.00000144. The number of hydrogen-bond acceptors (Lipinski definition) is 5. The molecule has 2 aromatic rings. The van der Waals surface area contributed by atoms with Gasteiger partial charge in [0.2, 0.25) is 0 Å². The molecular formula is C9H11ClN6S. The van der Waals surface area contributed by atoms with Crippen molar-refractivity contribution in [3.05, 3.63) is 36.2 Å². The highest BCUT2D eigenvalue weighted by Crippen LogP contribution is 2.12. The van der Waals surface area contributed by atoms with Gasteiger partial charge in [0.05, 0.1) is 11.4 Å². The molecule has 2 rings (SSSR count). The lowest BCUT2D eigenvalue weighted by Crippen LogP contribution is -2.07. The molecule has 0 aliphatic heterocycles. The molecule has 90 valence electrons. The zero-order valence-corrected chi connectivity index (χ0v) is 10.4. The van der Waals surface area contributed by atoms with E-state index in [2.05, 4.69) is 15.5 Å². The van der Waals surface area contributed by atoms with E-state index in [0.717, 1.165) is 5.69 Å². The van der Waals surface area contributed by atoms with Gasteiger partial charge in [-0.15, -0.1) is 17.5 Å². The van der Waals surface area contributed by atoms with Crippen molar-refractivity contribution in [2.45, 2.75) is 5.75 Å². The highest BCUT2D eigenvalue weighted by molar-refractivity contribution is 8.13. The molecule has 1 aromatic carbocycles. The van der Waals surface area contributed by atoms with E-state index in [4.69, 9.17) is 11.1 Å². The molecule has 1 heterocycles. The normalized spacial score (nSPS) is 9.65. The van der Waals surface area contributed by atoms with Crippen molar-refractivity contribution < 1.29 is 0 Å². The number of hydrogen-bond donors (Lipinski definition) is 2. The van der Waals surface area contributed by atoms with Gasteiger partial charge in [0.25, 0.3) is 0 Å². The summed E-state index contributed by atoms with van der Waals surface area (Å²) in [6.07, 6.45) is 0. The van der Waals surface area contributed by atoms with Crippen LogP contribution in [0.25, 0.3) is 5.69 Å². The summed E-state index contributed by atoms with van der Waals surface area (Å²) in [5.41, 5.74) is 6.16. The van der Waals surface area contributed by atoms with Gasteiger partial charge in [0, 0.05) is 0 Å². The van der Waals surface area contributed by atoms with Crippen LogP contribution in [0.5, 0.6) is 0 Å². The Labute approximate surface area is 109 Å². The fraction of sp³-hybridized carbons (Fsp3) is 0.111. The summed E-state index contributed by atoms with van der Waals surface area (Å²) >= 11 is 1.20. The van der Waals surface area contributed by atoms with Crippen molar-refractivity contribution in [2.24, 2.45) is 5.73 Å². The maximum absolute atomic E-state index is 7.13. The van der Waals surface area contributed by atoms with Crippen LogP contribution < -0.4 is 5.73 Å². The molecule has 0 amide bonds. The average molecular weight is 271 g/mol. The summed E-state index contributed by atoms with van der Waals surface area (Å²) in [7, 11) is 0. The van der Waals surface area contributed by atoms with Crippen molar-refractivity contribution in [3.8, 4) is 5.69 Å². The number of halogens is 1. The second-order valence-electron chi connectivity index (χ2n) is 3.00. The van der Waals surface area contributed by atoms with E-state index in [9.17, 15) is 0 Å². The predicted molar refractivity (Wildman–Crippen MR) is 69.6 cm³/mol. The highest BCUT2D eigenvalue weighted by atomic mass is 35.5. The Morgan fingerprint density at radius 3 is 2.71 bits per heavy atom. The Kier molecular flexibility index (Phi) is 4.92. The quantitative estimate of drug-likeness (QED) is 0.646. The standard InChI is InChI=1S/C9H10N6S.ClH/c10-9(11)16-6-8-12-13-14-15(8)7-4-2-1-3-5-7;/h1-5H,6H2,(H3,10,11);1H. The van der Waals surface area contributed by atoms with Crippen LogP contribution in [0.1, 0.15) is 5.82 Å². The van der Waals surface area contributed by atoms with Gasteiger partial charge in [-0.1, -0.05) is 30.0 Å². The number of nitrogens with one attached hydrogen (secondary N) is 1. The number of amidine groups is 1. The summed E-state index contributed by atoms with van der Waals surface area (Å²) in [6, 6.07) is 9.59. The summed E-state index contributed by atoms with van der Waals surface area (Å²) in [6.45, 7) is 0. The second kappa shape index (κ2) is 6.21. The molecule has 0 saturated heterocycles. The molecule has 0 saturated carbocycles. The van der Waals surface area contributed by atoms with Gasteiger partial charge >= 0.3 is 0 Å². The van der Waals surface area contributed by atoms with Gasteiger partial charge in [-0.05, 0) is 22.6 Å². The third-order valence-electron chi connectivity index (χ3n) is 1.89. The minimum Gasteiger partial charge on any atom is -0.379 e. The highest BCUT2D eigenvalue weighted by Gasteiger charge is 2.08. The van der Waals surface area contributed by atoms with Crippen LogP contribution in [-0.4, -0.2) is 25.4 Å². The number of nitrogens with zero attached hydrogens (tertiary/aromatic N) is 4. The molecular weight excluding hydrogens is 260 g/mol. The number of nitrogens with two attached hydrogens (primary N) is 1. The van der Waals surface area contributed by atoms with Crippen molar-refractivity contribution in [1.82, 2.24) is 20.2 Å². The zero-order valence-electron chi connectivity index (χ0n) is 8.78. The first-order valence-electron chi connectivity index (χ1n) is 4.57. The number of para-hydroxylation sites is 1. The monoisotopic (exact) mass is 270 g/mol. The summed E-state index contributed by atoms with van der Waals surface area (Å²) in [5, 5.41) is 18.6. The molecule has 0 fully saturated rings. The van der Waals surface area contributed by atoms with Crippen molar-refractivity contribution in [2.75, 3.05) is 0 Å². The number of thioether (sulfide) groups is 1. The van der Waals surface area contributed by atoms with Gasteiger partial charge in [-0.2, -0.15) is 4.68 Å². The third kappa shape index (κ3) is 3.43. The first kappa shape index (κ1) is 13.5. The fourth-order valence-electron chi connectivity index (χ4n) is 1.21. The van der Waals surface area contributed by atoms with Crippen molar-refractivity contribution >= 4 is 29.3 Å². The van der Waals surface area contributed by atoms with Crippen molar-refractivity contribution in [3.63, 3.8) is 0 Å². The maximum Gasteiger partial charge on any atom is 0.167 e. The SMILES string of the molecule is Cl.N=C(N)SCc1nnnn1-c1ccccc1. The fourth-order valence-corrected chi connectivity index (χ4v) is 1.67. The van der Waals surface area contributed by atoms with Gasteiger partial charge in [0.1, 0.15) is 0 Å². The first-order chi connectivity index (χ1) is 7.77. The number of benzene rings is 1. The average Bonchev–Trinajstić information content (AvgIpc) is 2.75. The van der Waals surface area contributed by atoms with Crippen molar-refractivity contribution in [1.29, 1.82) is 5.41 Å². The minimum atomic E-state index is 0. The molecule has 6 nitrogen and oxygen atoms in total. The lowest BCUT2D eigenvalue weighted by Gasteiger charge is -2.02. The molecule has 0 aliphatic rings. The van der Waals surface area contributed by atoms with E-state index in [-0.39, 0.29) is 17.6 Å². The van der Waals surface area contributed by atoms with Crippen LogP contribution in [0.2, 0.25) is 0 Å². The molecule has 0 unspecified atom stereocenters. The smallest absolute Gasteiger partial charge is 0.167 e. The number of aromatic nitrogens is 4. The Morgan fingerprint density at radius 2 is 2.06 bits per heavy atom. The van der Waals surface area contributed by atoms with Crippen LogP contribution in [0.15, 0.2) is 30.3 Å². The number of tetrazole rings is 1. The molecule has 0 aliphatic carbocycles. The van der Waals surface area contributed by atoms with Gasteiger partial charge in [0.15, 0.2) is 11.0 Å². The minimum absolute atomic E-state index is 0. The van der Waals surface area contributed by atoms with Crippen LogP contribution in [0.3, 0.4) is 0 Å². The van der Waals surface area contributed by atoms with Gasteiger partial charge in [-0.3, -0.25) is 5.41 Å². The van der Waals surface area contributed by atoms with Crippen LogP contribution >= 0.6 is 24.2 Å². The molecule has 8 heteroatoms. The molecule has 17 heavy (non-hydrogen) atoms. The van der Waals surface area contributed by atoms with E-state index >= 15 is 0 Å². The van der Waals surface area contributed by atoms with E-state index in [1.165, 1.54) is 11.8 Å².